The van der Waals surface area contributed by atoms with Crippen LogP contribution in [0.5, 0.6) is 0 Å². The van der Waals surface area contributed by atoms with E-state index in [1.54, 1.807) is 0 Å². The van der Waals surface area contributed by atoms with Gasteiger partial charge >= 0.3 is 5.97 Å². The standard InChI is InChI=1S/C19H22N4O4S/c1-27-19(24)14-5-7-16(8-6-14)28(25,26)23-11-9-22(10-12-23)18-13-15-3-2-4-17(15)20-21-18/h5-8,13H,2-4,9-12H2,1H3. The molecule has 4 rings (SSSR count). The fourth-order valence-electron chi connectivity index (χ4n) is 3.66. The van der Waals surface area contributed by atoms with E-state index in [2.05, 4.69) is 25.9 Å². The maximum absolute atomic E-state index is 12.9. The van der Waals surface area contributed by atoms with E-state index in [0.29, 0.717) is 31.7 Å². The summed E-state index contributed by atoms with van der Waals surface area (Å²) in [6, 6.07) is 7.91. The predicted octanol–water partition coefficient (Wildman–Crippen LogP) is 1.26. The van der Waals surface area contributed by atoms with E-state index in [4.69, 9.17) is 0 Å². The summed E-state index contributed by atoms with van der Waals surface area (Å²) in [6.07, 6.45) is 3.14. The van der Waals surface area contributed by atoms with Crippen molar-refractivity contribution in [3.05, 3.63) is 47.2 Å². The molecule has 148 valence electrons. The maximum atomic E-state index is 12.9. The second-order valence-corrected chi connectivity index (χ2v) is 8.87. The topological polar surface area (TPSA) is 92.7 Å². The van der Waals surface area contributed by atoms with Crippen LogP contribution in [0.1, 0.15) is 28.0 Å². The zero-order valence-electron chi connectivity index (χ0n) is 15.7. The van der Waals surface area contributed by atoms with Crippen LogP contribution in [-0.4, -0.2) is 62.2 Å². The number of carbonyl (C=O) groups excluding carboxylic acids is 1. The zero-order valence-corrected chi connectivity index (χ0v) is 16.5. The molecule has 2 aromatic rings. The smallest absolute Gasteiger partial charge is 0.337 e. The van der Waals surface area contributed by atoms with E-state index >= 15 is 0 Å². The molecule has 28 heavy (non-hydrogen) atoms. The number of benzene rings is 1. The average molecular weight is 402 g/mol. The van der Waals surface area contributed by atoms with Crippen molar-refractivity contribution < 1.29 is 17.9 Å². The van der Waals surface area contributed by atoms with E-state index in [1.165, 1.54) is 41.2 Å². The highest BCUT2D eigenvalue weighted by Crippen LogP contribution is 2.25. The Balaban J connectivity index is 1.44. The third-order valence-corrected chi connectivity index (χ3v) is 7.20. The first-order chi connectivity index (χ1) is 13.5. The van der Waals surface area contributed by atoms with E-state index in [9.17, 15) is 13.2 Å². The molecule has 1 aromatic heterocycles. The highest BCUT2D eigenvalue weighted by Gasteiger charge is 2.29. The second kappa shape index (κ2) is 7.48. The van der Waals surface area contributed by atoms with Gasteiger partial charge in [0.05, 0.1) is 23.3 Å². The summed E-state index contributed by atoms with van der Waals surface area (Å²) in [6.45, 7) is 1.87. The van der Waals surface area contributed by atoms with Gasteiger partial charge in [-0.3, -0.25) is 0 Å². The highest BCUT2D eigenvalue weighted by atomic mass is 32.2. The predicted molar refractivity (Wildman–Crippen MR) is 103 cm³/mol. The maximum Gasteiger partial charge on any atom is 0.337 e. The largest absolute Gasteiger partial charge is 0.465 e. The minimum Gasteiger partial charge on any atom is -0.465 e. The lowest BCUT2D eigenvalue weighted by Gasteiger charge is -2.34. The molecule has 1 aliphatic carbocycles. The monoisotopic (exact) mass is 402 g/mol. The van der Waals surface area contributed by atoms with Crippen LogP contribution in [0, 0.1) is 0 Å². The molecule has 0 N–H and O–H groups in total. The summed E-state index contributed by atoms with van der Waals surface area (Å²) in [5, 5.41) is 8.64. The molecule has 1 saturated heterocycles. The summed E-state index contributed by atoms with van der Waals surface area (Å²) in [4.78, 5) is 13.8. The molecule has 0 saturated carbocycles. The number of carbonyl (C=O) groups is 1. The van der Waals surface area contributed by atoms with Crippen LogP contribution in [0.25, 0.3) is 0 Å². The molecule has 2 aliphatic rings. The molecule has 0 bridgehead atoms. The van der Waals surface area contributed by atoms with Gasteiger partial charge in [-0.2, -0.15) is 9.40 Å². The molecule has 0 spiro atoms. The molecule has 2 heterocycles. The van der Waals surface area contributed by atoms with Gasteiger partial charge in [0.2, 0.25) is 10.0 Å². The summed E-state index contributed by atoms with van der Waals surface area (Å²) < 4.78 is 31.9. The number of hydrogen-bond donors (Lipinski definition) is 0. The van der Waals surface area contributed by atoms with E-state index < -0.39 is 16.0 Å². The molecule has 0 atom stereocenters. The number of piperazine rings is 1. The van der Waals surface area contributed by atoms with Crippen LogP contribution >= 0.6 is 0 Å². The number of nitrogens with zero attached hydrogens (tertiary/aromatic N) is 4. The van der Waals surface area contributed by atoms with Crippen molar-refractivity contribution >= 4 is 21.8 Å². The van der Waals surface area contributed by atoms with Gasteiger partial charge in [-0.1, -0.05) is 0 Å². The quantitative estimate of drug-likeness (QED) is 0.711. The lowest BCUT2D eigenvalue weighted by atomic mass is 10.2. The molecular weight excluding hydrogens is 380 g/mol. The van der Waals surface area contributed by atoms with Gasteiger partial charge in [0, 0.05) is 26.2 Å². The first kappa shape index (κ1) is 18.8. The average Bonchev–Trinajstić information content (AvgIpc) is 3.21. The minimum absolute atomic E-state index is 0.172. The molecule has 1 aliphatic heterocycles. The van der Waals surface area contributed by atoms with Crippen molar-refractivity contribution in [2.24, 2.45) is 0 Å². The number of rotatable bonds is 4. The Morgan fingerprint density at radius 2 is 1.75 bits per heavy atom. The Kier molecular flexibility index (Phi) is 5.03. The van der Waals surface area contributed by atoms with Crippen LogP contribution < -0.4 is 4.90 Å². The minimum atomic E-state index is -3.61. The lowest BCUT2D eigenvalue weighted by Crippen LogP contribution is -2.49. The molecular formula is C19H22N4O4S. The van der Waals surface area contributed by atoms with Crippen molar-refractivity contribution in [3.8, 4) is 0 Å². The van der Waals surface area contributed by atoms with Gasteiger partial charge in [-0.05, 0) is 55.2 Å². The normalized spacial score (nSPS) is 17.4. The summed E-state index contributed by atoms with van der Waals surface area (Å²) >= 11 is 0. The van der Waals surface area contributed by atoms with Gasteiger partial charge in [0.15, 0.2) is 5.82 Å². The molecule has 0 unspecified atom stereocenters. The molecule has 0 radical (unpaired) electrons. The van der Waals surface area contributed by atoms with Gasteiger partial charge in [0.1, 0.15) is 0 Å². The first-order valence-electron chi connectivity index (χ1n) is 9.28. The molecule has 8 nitrogen and oxygen atoms in total. The van der Waals surface area contributed by atoms with Crippen molar-refractivity contribution in [1.82, 2.24) is 14.5 Å². The molecule has 9 heteroatoms. The van der Waals surface area contributed by atoms with Crippen molar-refractivity contribution in [3.63, 3.8) is 0 Å². The van der Waals surface area contributed by atoms with Crippen molar-refractivity contribution in [1.29, 1.82) is 0 Å². The number of ether oxygens (including phenoxy) is 1. The van der Waals surface area contributed by atoms with Crippen molar-refractivity contribution in [2.45, 2.75) is 24.2 Å². The number of fused-ring (bicyclic) bond motifs is 1. The number of sulfonamides is 1. The fraction of sp³-hybridized carbons (Fsp3) is 0.421. The van der Waals surface area contributed by atoms with Gasteiger partial charge in [-0.25, -0.2) is 13.2 Å². The lowest BCUT2D eigenvalue weighted by molar-refractivity contribution is 0.0600. The first-order valence-corrected chi connectivity index (χ1v) is 10.7. The number of hydrogen-bond acceptors (Lipinski definition) is 7. The third kappa shape index (κ3) is 3.47. The molecule has 1 fully saturated rings. The Bertz CT molecular complexity index is 983. The number of esters is 1. The highest BCUT2D eigenvalue weighted by molar-refractivity contribution is 7.89. The van der Waals surface area contributed by atoms with E-state index in [0.717, 1.165) is 30.8 Å². The van der Waals surface area contributed by atoms with Crippen LogP contribution in [0.2, 0.25) is 0 Å². The molecule has 0 amide bonds. The van der Waals surface area contributed by atoms with Crippen LogP contribution in [0.15, 0.2) is 35.2 Å². The van der Waals surface area contributed by atoms with Gasteiger partial charge in [0.25, 0.3) is 0 Å². The van der Waals surface area contributed by atoms with E-state index in [1.807, 2.05) is 0 Å². The number of aryl methyl sites for hydroxylation is 2. The van der Waals surface area contributed by atoms with Crippen LogP contribution in [0.3, 0.4) is 0 Å². The Morgan fingerprint density at radius 1 is 1.04 bits per heavy atom. The fourth-order valence-corrected chi connectivity index (χ4v) is 5.08. The van der Waals surface area contributed by atoms with Crippen LogP contribution in [-0.2, 0) is 27.6 Å². The summed E-state index contributed by atoms with van der Waals surface area (Å²) in [7, 11) is -2.32. The number of methoxy groups -OCH3 is 1. The SMILES string of the molecule is COC(=O)c1ccc(S(=O)(=O)N2CCN(c3cc4c(nn3)CCC4)CC2)cc1. The summed E-state index contributed by atoms with van der Waals surface area (Å²) in [5.74, 6) is 0.327. The number of aromatic nitrogens is 2. The zero-order chi connectivity index (χ0) is 19.7. The Labute approximate surface area is 164 Å². The van der Waals surface area contributed by atoms with E-state index in [-0.39, 0.29) is 4.90 Å². The van der Waals surface area contributed by atoms with Gasteiger partial charge < -0.3 is 9.64 Å². The van der Waals surface area contributed by atoms with Gasteiger partial charge in [-0.15, -0.1) is 5.10 Å². The van der Waals surface area contributed by atoms with Crippen molar-refractivity contribution in [2.75, 3.05) is 38.2 Å². The second-order valence-electron chi connectivity index (χ2n) is 6.94. The third-order valence-electron chi connectivity index (χ3n) is 5.28. The Hall–Kier alpha value is -2.52. The Morgan fingerprint density at radius 3 is 2.43 bits per heavy atom. The molecule has 1 aromatic carbocycles. The van der Waals surface area contributed by atoms with Crippen LogP contribution in [0.4, 0.5) is 5.82 Å². The number of anilines is 1. The summed E-state index contributed by atoms with van der Waals surface area (Å²) in [5.41, 5.74) is 2.66.